The molecule has 0 unspecified atom stereocenters. The fraction of sp³-hybridized carbons (Fsp3) is 0.462. The van der Waals surface area contributed by atoms with Crippen molar-refractivity contribution in [2.45, 2.75) is 31.6 Å². The van der Waals surface area contributed by atoms with Crippen LogP contribution in [0.1, 0.15) is 41.9 Å². The van der Waals surface area contributed by atoms with Gasteiger partial charge >= 0.3 is 11.9 Å². The van der Waals surface area contributed by atoms with E-state index in [4.69, 9.17) is 34.2 Å². The third kappa shape index (κ3) is 4.25. The number of nitrogens with two attached hydrogens (primary N) is 1. The van der Waals surface area contributed by atoms with E-state index in [9.17, 15) is 9.59 Å². The molecule has 2 aliphatic heterocycles. The number of ether oxygens (including phenoxy) is 6. The second kappa shape index (κ2) is 9.65. The van der Waals surface area contributed by atoms with E-state index in [0.717, 1.165) is 23.1 Å². The average Bonchev–Trinajstić information content (AvgIpc) is 3.47. The number of rotatable bonds is 8. The quantitative estimate of drug-likeness (QED) is 0.344. The Morgan fingerprint density at radius 1 is 1.03 bits per heavy atom. The number of benzene rings is 2. The Labute approximate surface area is 203 Å². The number of carbonyl (C=O) groups is 2. The maximum atomic E-state index is 12.9. The van der Waals surface area contributed by atoms with Crippen LogP contribution in [0, 0.1) is 11.8 Å². The molecule has 2 heterocycles. The van der Waals surface area contributed by atoms with E-state index in [-0.39, 0.29) is 42.7 Å². The first kappa shape index (κ1) is 23.3. The minimum atomic E-state index is -0.391. The number of esters is 2. The zero-order valence-electron chi connectivity index (χ0n) is 19.8. The molecule has 0 spiro atoms. The van der Waals surface area contributed by atoms with Crippen molar-refractivity contribution in [1.82, 2.24) is 0 Å². The Balaban J connectivity index is 1.56. The molecule has 9 heteroatoms. The van der Waals surface area contributed by atoms with Gasteiger partial charge in [-0.1, -0.05) is 0 Å². The first-order valence-electron chi connectivity index (χ1n) is 11.8. The Morgan fingerprint density at radius 2 is 1.74 bits per heavy atom. The number of unbranched alkanes of at least 4 members (excludes halogenated alkanes) is 1. The number of cyclic esters (lactones) is 1. The third-order valence-corrected chi connectivity index (χ3v) is 6.92. The molecular formula is C26H29NO8. The van der Waals surface area contributed by atoms with Crippen LogP contribution in [0.5, 0.6) is 28.7 Å². The van der Waals surface area contributed by atoms with E-state index < -0.39 is 5.97 Å². The molecule has 1 saturated heterocycles. The van der Waals surface area contributed by atoms with Crippen molar-refractivity contribution < 1.29 is 38.0 Å². The molecule has 3 aliphatic rings. The lowest BCUT2D eigenvalue weighted by Gasteiger charge is -2.34. The highest BCUT2D eigenvalue weighted by atomic mass is 16.7. The zero-order chi connectivity index (χ0) is 24.5. The van der Waals surface area contributed by atoms with Gasteiger partial charge in [0.15, 0.2) is 23.0 Å². The van der Waals surface area contributed by atoms with Gasteiger partial charge in [0.1, 0.15) is 0 Å². The SMILES string of the molecule is COc1cc([C@@H]2c3cc4c(cc3C[C@H]3COC(=O)[C@@H]32)OCO4)cc(OC)c1OC(=O)CCCCN. The Hall–Kier alpha value is -3.46. The molecule has 0 radical (unpaired) electrons. The lowest BCUT2D eigenvalue weighted by molar-refractivity contribution is -0.141. The van der Waals surface area contributed by atoms with Crippen LogP contribution in [0.3, 0.4) is 0 Å². The normalized spacial score (nSPS) is 21.7. The summed E-state index contributed by atoms with van der Waals surface area (Å²) in [6.07, 6.45) is 2.33. The molecule has 0 saturated carbocycles. The summed E-state index contributed by atoms with van der Waals surface area (Å²) in [6, 6.07) is 7.56. The Kier molecular flexibility index (Phi) is 6.42. The van der Waals surface area contributed by atoms with E-state index in [1.165, 1.54) is 14.2 Å². The summed E-state index contributed by atoms with van der Waals surface area (Å²) in [5, 5.41) is 0. The second-order valence-corrected chi connectivity index (χ2v) is 8.98. The van der Waals surface area contributed by atoms with E-state index in [1.54, 1.807) is 12.1 Å². The lowest BCUT2D eigenvalue weighted by atomic mass is 9.67. The minimum absolute atomic E-state index is 0.0393. The van der Waals surface area contributed by atoms with Crippen molar-refractivity contribution in [2.24, 2.45) is 17.6 Å². The van der Waals surface area contributed by atoms with Crippen LogP contribution >= 0.6 is 0 Å². The molecule has 0 bridgehead atoms. The molecule has 35 heavy (non-hydrogen) atoms. The lowest BCUT2D eigenvalue weighted by Crippen LogP contribution is -2.31. The summed E-state index contributed by atoms with van der Waals surface area (Å²) in [5.74, 6) is 1.02. The van der Waals surface area contributed by atoms with Gasteiger partial charge in [-0.3, -0.25) is 9.59 Å². The van der Waals surface area contributed by atoms with Gasteiger partial charge in [0, 0.05) is 18.3 Å². The smallest absolute Gasteiger partial charge is 0.311 e. The van der Waals surface area contributed by atoms with Gasteiger partial charge in [-0.2, -0.15) is 0 Å². The fourth-order valence-corrected chi connectivity index (χ4v) is 5.26. The van der Waals surface area contributed by atoms with Crippen LogP contribution in [-0.2, 0) is 20.7 Å². The molecule has 2 aromatic carbocycles. The van der Waals surface area contributed by atoms with Crippen LogP contribution in [-0.4, -0.2) is 46.1 Å². The topological polar surface area (TPSA) is 116 Å². The average molecular weight is 484 g/mol. The van der Waals surface area contributed by atoms with Gasteiger partial charge in [-0.05, 0) is 66.8 Å². The van der Waals surface area contributed by atoms with Gasteiger partial charge in [0.05, 0.1) is 26.7 Å². The van der Waals surface area contributed by atoms with Crippen LogP contribution in [0.15, 0.2) is 24.3 Å². The molecule has 1 aliphatic carbocycles. The summed E-state index contributed by atoms with van der Waals surface area (Å²) in [7, 11) is 3.01. The van der Waals surface area contributed by atoms with E-state index in [0.29, 0.717) is 49.0 Å². The summed E-state index contributed by atoms with van der Waals surface area (Å²) in [5.41, 5.74) is 8.38. The van der Waals surface area contributed by atoms with Crippen LogP contribution in [0.4, 0.5) is 0 Å². The maximum absolute atomic E-state index is 12.9. The van der Waals surface area contributed by atoms with E-state index in [1.807, 2.05) is 12.1 Å². The van der Waals surface area contributed by atoms with E-state index >= 15 is 0 Å². The first-order valence-corrected chi connectivity index (χ1v) is 11.8. The van der Waals surface area contributed by atoms with Gasteiger partial charge in [-0.15, -0.1) is 0 Å². The predicted octanol–water partition coefficient (Wildman–Crippen LogP) is 2.94. The summed E-state index contributed by atoms with van der Waals surface area (Å²) in [4.78, 5) is 25.3. The van der Waals surface area contributed by atoms with Crippen LogP contribution in [0.2, 0.25) is 0 Å². The number of hydrogen-bond acceptors (Lipinski definition) is 9. The predicted molar refractivity (Wildman–Crippen MR) is 124 cm³/mol. The molecule has 2 N–H and O–H groups in total. The Bertz CT molecular complexity index is 1120. The standard InChI is InChI=1S/C26H29NO8/c1-30-20-9-15(10-21(31-2)25(20)35-22(28)5-3-4-6-27)23-17-11-19-18(33-13-34-19)8-14(17)7-16-12-32-26(29)24(16)23/h8-11,16,23-24H,3-7,12-13,27H2,1-2H3/t16-,23+,24-/m0/s1. The molecule has 2 aromatic rings. The highest BCUT2D eigenvalue weighted by molar-refractivity contribution is 5.79. The highest BCUT2D eigenvalue weighted by Crippen LogP contribution is 2.52. The van der Waals surface area contributed by atoms with Crippen LogP contribution in [0.25, 0.3) is 0 Å². The summed E-state index contributed by atoms with van der Waals surface area (Å²) < 4.78 is 33.5. The van der Waals surface area contributed by atoms with Crippen molar-refractivity contribution in [3.05, 3.63) is 41.0 Å². The number of carbonyl (C=O) groups excluding carboxylic acids is 2. The van der Waals surface area contributed by atoms with E-state index in [2.05, 4.69) is 0 Å². The van der Waals surface area contributed by atoms with Gasteiger partial charge in [-0.25, -0.2) is 0 Å². The largest absolute Gasteiger partial charge is 0.493 e. The molecule has 186 valence electrons. The molecule has 1 fully saturated rings. The number of fused-ring (bicyclic) bond motifs is 3. The number of hydrogen-bond donors (Lipinski definition) is 1. The summed E-state index contributed by atoms with van der Waals surface area (Å²) >= 11 is 0. The summed E-state index contributed by atoms with van der Waals surface area (Å²) in [6.45, 7) is 1.06. The fourth-order valence-electron chi connectivity index (χ4n) is 5.26. The monoisotopic (exact) mass is 483 g/mol. The Morgan fingerprint density at radius 3 is 2.43 bits per heavy atom. The van der Waals surface area contributed by atoms with Crippen molar-refractivity contribution in [3.63, 3.8) is 0 Å². The van der Waals surface area contributed by atoms with Crippen molar-refractivity contribution in [2.75, 3.05) is 34.2 Å². The van der Waals surface area contributed by atoms with Crippen molar-refractivity contribution in [3.8, 4) is 28.7 Å². The first-order chi connectivity index (χ1) is 17.0. The van der Waals surface area contributed by atoms with Crippen molar-refractivity contribution >= 4 is 11.9 Å². The van der Waals surface area contributed by atoms with Gasteiger partial charge < -0.3 is 34.2 Å². The van der Waals surface area contributed by atoms with Gasteiger partial charge in [0.2, 0.25) is 12.5 Å². The molecular weight excluding hydrogens is 454 g/mol. The molecule has 9 nitrogen and oxygen atoms in total. The third-order valence-electron chi connectivity index (χ3n) is 6.92. The zero-order valence-corrected chi connectivity index (χ0v) is 19.8. The van der Waals surface area contributed by atoms with Crippen molar-refractivity contribution in [1.29, 1.82) is 0 Å². The number of methoxy groups -OCH3 is 2. The molecule has 0 amide bonds. The highest BCUT2D eigenvalue weighted by Gasteiger charge is 2.48. The maximum Gasteiger partial charge on any atom is 0.311 e. The molecule has 5 rings (SSSR count). The minimum Gasteiger partial charge on any atom is -0.493 e. The van der Waals surface area contributed by atoms with Crippen LogP contribution < -0.4 is 29.4 Å². The molecule has 3 atom stereocenters. The van der Waals surface area contributed by atoms with Gasteiger partial charge in [0.25, 0.3) is 0 Å². The molecule has 0 aromatic heterocycles. The second-order valence-electron chi connectivity index (χ2n) is 8.98.